The molecule has 1 unspecified atom stereocenters. The molecule has 1 aromatic heterocycles. The lowest BCUT2D eigenvalue weighted by Gasteiger charge is -2.14. The summed E-state index contributed by atoms with van der Waals surface area (Å²) in [7, 11) is 0. The molecule has 1 atom stereocenters. The normalized spacial score (nSPS) is 12.3. The molecule has 136 valence electrons. The number of hydrogen-bond acceptors (Lipinski definition) is 5. The van der Waals surface area contributed by atoms with Gasteiger partial charge in [0, 0.05) is 21.8 Å². The Morgan fingerprint density at radius 3 is 2.50 bits per heavy atom. The van der Waals surface area contributed by atoms with E-state index in [2.05, 4.69) is 36.3 Å². The molecule has 2 aromatic carbocycles. The molecule has 0 bridgehead atoms. The van der Waals surface area contributed by atoms with Gasteiger partial charge in [-0.05, 0) is 49.2 Å². The minimum Gasteiger partial charge on any atom is -0.491 e. The monoisotopic (exact) mass is 369 g/mol. The van der Waals surface area contributed by atoms with Crippen LogP contribution in [0.4, 0.5) is 0 Å². The van der Waals surface area contributed by atoms with E-state index in [4.69, 9.17) is 9.26 Å². The molecule has 0 spiro atoms. The summed E-state index contributed by atoms with van der Waals surface area (Å²) in [5.74, 6) is 1.38. The van der Waals surface area contributed by atoms with Gasteiger partial charge in [-0.25, -0.2) is 0 Å². The van der Waals surface area contributed by atoms with Crippen molar-refractivity contribution in [3.8, 4) is 23.0 Å². The third kappa shape index (κ3) is 5.05. The van der Waals surface area contributed by atoms with E-state index in [0.29, 0.717) is 11.0 Å². The third-order valence-corrected chi connectivity index (χ3v) is 4.87. The summed E-state index contributed by atoms with van der Waals surface area (Å²) >= 11 is 1.84. The van der Waals surface area contributed by atoms with Crippen molar-refractivity contribution in [1.29, 1.82) is 0 Å². The summed E-state index contributed by atoms with van der Waals surface area (Å²) in [4.78, 5) is 1.21. The van der Waals surface area contributed by atoms with Gasteiger partial charge >= 0.3 is 0 Å². The lowest BCUT2D eigenvalue weighted by molar-refractivity contribution is 0.242. The molecule has 0 aliphatic rings. The Morgan fingerprint density at radius 1 is 1.08 bits per heavy atom. The molecule has 0 fully saturated rings. The van der Waals surface area contributed by atoms with Gasteiger partial charge in [-0.15, -0.1) is 11.8 Å². The molecular formula is C21H23NO3S. The first-order chi connectivity index (χ1) is 12.5. The second kappa shape index (κ2) is 8.32. The average molecular weight is 369 g/mol. The topological polar surface area (TPSA) is 55.5 Å². The molecular weight excluding hydrogens is 346 g/mol. The van der Waals surface area contributed by atoms with Crippen molar-refractivity contribution in [1.82, 2.24) is 5.16 Å². The van der Waals surface area contributed by atoms with Crippen LogP contribution in [-0.4, -0.2) is 21.6 Å². The Balaban J connectivity index is 1.60. The quantitative estimate of drug-likeness (QED) is 0.553. The molecule has 1 N–H and O–H groups in total. The van der Waals surface area contributed by atoms with Crippen molar-refractivity contribution < 1.29 is 14.4 Å². The van der Waals surface area contributed by atoms with Gasteiger partial charge in [-0.1, -0.05) is 37.3 Å². The van der Waals surface area contributed by atoms with Crippen molar-refractivity contribution in [3.05, 3.63) is 60.2 Å². The highest BCUT2D eigenvalue weighted by Crippen LogP contribution is 2.29. The van der Waals surface area contributed by atoms with Crippen molar-refractivity contribution >= 4 is 11.8 Å². The second-order valence-electron chi connectivity index (χ2n) is 6.52. The number of aromatic nitrogens is 1. The molecule has 0 saturated heterocycles. The SMILES string of the molecule is CC(C)Oc1cccc(SC(C)Cc2ccc(-c3cc(O)no3)cc2)c1. The average Bonchev–Trinajstić information content (AvgIpc) is 3.01. The summed E-state index contributed by atoms with van der Waals surface area (Å²) < 4.78 is 10.8. The first kappa shape index (κ1) is 18.4. The molecule has 0 radical (unpaired) electrons. The fraction of sp³-hybridized carbons (Fsp3) is 0.286. The van der Waals surface area contributed by atoms with Crippen LogP contribution in [0.5, 0.6) is 11.6 Å². The number of thioether (sulfide) groups is 1. The maximum Gasteiger partial charge on any atom is 0.252 e. The van der Waals surface area contributed by atoms with Gasteiger partial charge in [0.1, 0.15) is 5.75 Å². The standard InChI is InChI=1S/C21H23NO3S/c1-14(2)24-18-5-4-6-19(12-18)26-15(3)11-16-7-9-17(10-8-16)20-13-21(23)22-25-20/h4-10,12-15H,11H2,1-3H3,(H,22,23). The van der Waals surface area contributed by atoms with Gasteiger partial charge in [0.25, 0.3) is 5.88 Å². The number of ether oxygens (including phenoxy) is 1. The van der Waals surface area contributed by atoms with E-state index in [9.17, 15) is 5.11 Å². The van der Waals surface area contributed by atoms with Crippen LogP contribution in [0.15, 0.2) is 64.0 Å². The van der Waals surface area contributed by atoms with Crippen LogP contribution in [0, 0.1) is 0 Å². The minimum atomic E-state index is -0.0993. The largest absolute Gasteiger partial charge is 0.491 e. The molecule has 3 aromatic rings. The second-order valence-corrected chi connectivity index (χ2v) is 8.03. The van der Waals surface area contributed by atoms with Crippen LogP contribution in [0.1, 0.15) is 26.3 Å². The molecule has 0 aliphatic heterocycles. The lowest BCUT2D eigenvalue weighted by Crippen LogP contribution is -2.05. The fourth-order valence-corrected chi connectivity index (χ4v) is 3.79. The molecule has 3 rings (SSSR count). The van der Waals surface area contributed by atoms with E-state index >= 15 is 0 Å². The number of rotatable bonds is 7. The van der Waals surface area contributed by atoms with Gasteiger partial charge in [0.05, 0.1) is 6.10 Å². The van der Waals surface area contributed by atoms with Crippen LogP contribution in [0.3, 0.4) is 0 Å². The zero-order valence-corrected chi connectivity index (χ0v) is 16.0. The number of benzene rings is 2. The smallest absolute Gasteiger partial charge is 0.252 e. The van der Waals surface area contributed by atoms with Crippen molar-refractivity contribution in [2.75, 3.05) is 0 Å². The molecule has 26 heavy (non-hydrogen) atoms. The Kier molecular flexibility index (Phi) is 5.89. The Hall–Kier alpha value is -2.40. The predicted octanol–water partition coefficient (Wildman–Crippen LogP) is 5.56. The first-order valence-corrected chi connectivity index (χ1v) is 9.56. The van der Waals surface area contributed by atoms with Gasteiger partial charge in [-0.3, -0.25) is 0 Å². The zero-order valence-electron chi connectivity index (χ0n) is 15.2. The fourth-order valence-electron chi connectivity index (χ4n) is 2.71. The Bertz CT molecular complexity index is 842. The predicted molar refractivity (Wildman–Crippen MR) is 105 cm³/mol. The molecule has 0 saturated carbocycles. The van der Waals surface area contributed by atoms with Crippen LogP contribution in [0.25, 0.3) is 11.3 Å². The van der Waals surface area contributed by atoms with E-state index in [0.717, 1.165) is 17.7 Å². The van der Waals surface area contributed by atoms with E-state index < -0.39 is 0 Å². The Morgan fingerprint density at radius 2 is 1.85 bits per heavy atom. The zero-order chi connectivity index (χ0) is 18.5. The highest BCUT2D eigenvalue weighted by atomic mass is 32.2. The maximum absolute atomic E-state index is 9.28. The highest BCUT2D eigenvalue weighted by molar-refractivity contribution is 8.00. The van der Waals surface area contributed by atoms with Crippen molar-refractivity contribution in [3.63, 3.8) is 0 Å². The summed E-state index contributed by atoms with van der Waals surface area (Å²) in [6.45, 7) is 6.29. The number of aromatic hydroxyl groups is 1. The summed E-state index contributed by atoms with van der Waals surface area (Å²) in [6, 6.07) is 17.9. The summed E-state index contributed by atoms with van der Waals surface area (Å²) in [5.41, 5.74) is 2.16. The molecule has 4 nitrogen and oxygen atoms in total. The molecule has 1 heterocycles. The maximum atomic E-state index is 9.28. The van der Waals surface area contributed by atoms with Crippen LogP contribution >= 0.6 is 11.8 Å². The molecule has 5 heteroatoms. The number of nitrogens with zero attached hydrogens (tertiary/aromatic N) is 1. The third-order valence-electron chi connectivity index (χ3n) is 3.77. The van der Waals surface area contributed by atoms with E-state index in [1.54, 1.807) is 0 Å². The summed E-state index contributed by atoms with van der Waals surface area (Å²) in [5, 5.41) is 13.2. The first-order valence-electron chi connectivity index (χ1n) is 8.68. The van der Waals surface area contributed by atoms with Crippen LogP contribution in [0.2, 0.25) is 0 Å². The van der Waals surface area contributed by atoms with Gasteiger partial charge in [-0.2, -0.15) is 0 Å². The van der Waals surface area contributed by atoms with Gasteiger partial charge in [0.2, 0.25) is 0 Å². The van der Waals surface area contributed by atoms with E-state index in [-0.39, 0.29) is 12.0 Å². The van der Waals surface area contributed by atoms with Crippen molar-refractivity contribution in [2.45, 2.75) is 43.4 Å². The van der Waals surface area contributed by atoms with Gasteiger partial charge < -0.3 is 14.4 Å². The Labute approximate surface area is 158 Å². The molecule has 0 aliphatic carbocycles. The van der Waals surface area contributed by atoms with E-state index in [1.807, 2.05) is 49.9 Å². The number of hydrogen-bond donors (Lipinski definition) is 1. The van der Waals surface area contributed by atoms with Crippen LogP contribution < -0.4 is 4.74 Å². The highest BCUT2D eigenvalue weighted by Gasteiger charge is 2.09. The van der Waals surface area contributed by atoms with Gasteiger partial charge in [0.15, 0.2) is 5.76 Å². The summed E-state index contributed by atoms with van der Waals surface area (Å²) in [6.07, 6.45) is 1.14. The minimum absolute atomic E-state index is 0.0993. The lowest BCUT2D eigenvalue weighted by atomic mass is 10.1. The molecule has 0 amide bonds. The van der Waals surface area contributed by atoms with Crippen molar-refractivity contribution in [2.24, 2.45) is 0 Å². The van der Waals surface area contributed by atoms with E-state index in [1.165, 1.54) is 16.5 Å². The van der Waals surface area contributed by atoms with Crippen LogP contribution in [-0.2, 0) is 6.42 Å².